The second-order valence-corrected chi connectivity index (χ2v) is 12.4. The fourth-order valence-electron chi connectivity index (χ4n) is 3.22. The summed E-state index contributed by atoms with van der Waals surface area (Å²) in [7, 11) is 3.38. The molecule has 0 bridgehead atoms. The number of guanidine groups is 2. The van der Waals surface area contributed by atoms with Gasteiger partial charge in [0, 0.05) is 44.8 Å². The van der Waals surface area contributed by atoms with Crippen LogP contribution in [0, 0.1) is 10.8 Å². The number of amides is 2. The summed E-state index contributed by atoms with van der Waals surface area (Å²) in [4.78, 5) is 40.4. The van der Waals surface area contributed by atoms with Gasteiger partial charge in [-0.15, -0.1) is 0 Å². The maximum absolute atomic E-state index is 11.9. The molecule has 0 aliphatic carbocycles. The third-order valence-corrected chi connectivity index (χ3v) is 6.92. The van der Waals surface area contributed by atoms with Gasteiger partial charge in [0.05, 0.1) is 25.1 Å². The Morgan fingerprint density at radius 1 is 0.860 bits per heavy atom. The van der Waals surface area contributed by atoms with Gasteiger partial charge in [-0.05, 0) is 38.5 Å². The molecule has 0 saturated heterocycles. The molecule has 0 saturated carbocycles. The van der Waals surface area contributed by atoms with Crippen molar-refractivity contribution in [2.75, 3.05) is 39.5 Å². The van der Waals surface area contributed by atoms with Crippen LogP contribution < -0.4 is 22.1 Å². The maximum Gasteiger partial charge on any atom is 0.321 e. The number of hydrogen-bond donors (Lipinski definition) is 7. The summed E-state index contributed by atoms with van der Waals surface area (Å²) in [5.74, 6) is -0.897. The van der Waals surface area contributed by atoms with Crippen molar-refractivity contribution in [2.45, 2.75) is 78.2 Å². The Hall–Kier alpha value is -4.14. The highest BCUT2D eigenvalue weighted by Crippen LogP contribution is 2.19. The molecule has 0 spiro atoms. The molecule has 0 aromatic carbocycles. The van der Waals surface area contributed by atoms with Crippen LogP contribution in [-0.4, -0.2) is 90.5 Å². The summed E-state index contributed by atoms with van der Waals surface area (Å²) in [6.45, 7) is 5.31. The van der Waals surface area contributed by atoms with Gasteiger partial charge < -0.3 is 41.4 Å². The van der Waals surface area contributed by atoms with E-state index in [1.807, 2.05) is 6.08 Å². The zero-order chi connectivity index (χ0) is 38.0. The summed E-state index contributed by atoms with van der Waals surface area (Å²) >= 11 is 0.974. The van der Waals surface area contributed by atoms with Crippen LogP contribution in [0.2, 0.25) is 0 Å². The number of carbonyl (C=O) groups excluding carboxylic acids is 3. The molecule has 0 aromatic rings. The van der Waals surface area contributed by atoms with Crippen molar-refractivity contribution >= 4 is 41.7 Å². The Bertz CT molecular complexity index is 1170. The fourth-order valence-corrected chi connectivity index (χ4v) is 3.69. The molecular weight excluding hydrogens is 659 g/mol. The van der Waals surface area contributed by atoms with Gasteiger partial charge in [0.1, 0.15) is 6.10 Å². The minimum absolute atomic E-state index is 0.0468. The smallest absolute Gasteiger partial charge is 0.321 e. The number of aliphatic hydroxyl groups excluding tert-OH is 2. The first-order valence-corrected chi connectivity index (χ1v) is 17.6. The van der Waals surface area contributed by atoms with E-state index in [1.54, 1.807) is 34.0 Å². The van der Waals surface area contributed by atoms with E-state index in [4.69, 9.17) is 21.1 Å². The number of aliphatic imine (C=N–C) groups is 1. The molecule has 282 valence electrons. The van der Waals surface area contributed by atoms with Crippen LogP contribution in [0.3, 0.4) is 0 Å². The molecular formula is C36H61N7O6S. The molecule has 9 N–H and O–H groups in total. The highest BCUT2D eigenvalue weighted by atomic mass is 32.2. The lowest BCUT2D eigenvalue weighted by atomic mass is 9.87. The van der Waals surface area contributed by atoms with Crippen LogP contribution in [0.15, 0.2) is 77.9 Å². The minimum atomic E-state index is -1.37. The molecule has 50 heavy (non-hydrogen) atoms. The SMILES string of the molecule is CC/C=C\C/C=C\C/C=C\C/C=C\C/C=C\C/C=C\CC(=O)OSCCNC(=O)CCNC(=O)[C@H](O)C(C)(C)CO.CN(C)C(=N)N=C(N)N. The second kappa shape index (κ2) is 32.1. The van der Waals surface area contributed by atoms with Crippen molar-refractivity contribution in [3.05, 3.63) is 72.9 Å². The van der Waals surface area contributed by atoms with Crippen LogP contribution >= 0.6 is 12.0 Å². The Morgan fingerprint density at radius 3 is 1.76 bits per heavy atom. The lowest BCUT2D eigenvalue weighted by Crippen LogP contribution is -2.46. The van der Waals surface area contributed by atoms with Crippen LogP contribution in [0.25, 0.3) is 0 Å². The quantitative estimate of drug-likeness (QED) is 0.0265. The van der Waals surface area contributed by atoms with Crippen molar-refractivity contribution < 1.29 is 28.8 Å². The molecule has 0 unspecified atom stereocenters. The summed E-state index contributed by atoms with van der Waals surface area (Å²) < 4.78 is 5.07. The van der Waals surface area contributed by atoms with Crippen molar-refractivity contribution in [1.82, 2.24) is 15.5 Å². The number of nitrogens with two attached hydrogens (primary N) is 2. The highest BCUT2D eigenvalue weighted by Gasteiger charge is 2.32. The van der Waals surface area contributed by atoms with Gasteiger partial charge in [0.15, 0.2) is 5.96 Å². The van der Waals surface area contributed by atoms with E-state index >= 15 is 0 Å². The lowest BCUT2D eigenvalue weighted by molar-refractivity contribution is -0.137. The first kappa shape index (κ1) is 48.0. The van der Waals surface area contributed by atoms with Gasteiger partial charge in [0.2, 0.25) is 17.8 Å². The van der Waals surface area contributed by atoms with E-state index in [9.17, 15) is 24.6 Å². The van der Waals surface area contributed by atoms with Crippen LogP contribution in [-0.2, 0) is 18.6 Å². The van der Waals surface area contributed by atoms with E-state index in [-0.39, 0.29) is 49.8 Å². The van der Waals surface area contributed by atoms with E-state index in [1.165, 1.54) is 4.90 Å². The first-order valence-electron chi connectivity index (χ1n) is 16.7. The van der Waals surface area contributed by atoms with E-state index in [2.05, 4.69) is 83.3 Å². The Kier molecular flexibility index (Phi) is 30.8. The van der Waals surface area contributed by atoms with Crippen LogP contribution in [0.4, 0.5) is 0 Å². The monoisotopic (exact) mass is 719 g/mol. The normalized spacial score (nSPS) is 12.5. The summed E-state index contributed by atoms with van der Waals surface area (Å²) in [6, 6.07) is 0. The number of nitrogens with zero attached hydrogens (tertiary/aromatic N) is 2. The predicted octanol–water partition coefficient (Wildman–Crippen LogP) is 4.02. The standard InChI is InChI=1S/C32H50N2O6S.C4H11N5/c1-4-5-6-7-8-9-10-11-12-13-14-15-16-17-18-19-20-21-22-29(37)40-41-26-25-33-28(36)23-24-34-31(39)30(38)32(2,3)27-35;1-9(2)4(7)8-3(5)6/h5-6,8-9,11-12,14-15,17-18,20-21,30,35,38H,4,7,10,13,16,19,22-27H2,1-3H3,(H,33,36)(H,34,39);1-2H3,(H5,5,6,7,8)/b6-5-,9-8-,12-11-,15-14-,18-17-,21-20-;/t30-;/m0./s1. The zero-order valence-electron chi connectivity index (χ0n) is 30.5. The molecule has 0 fully saturated rings. The Balaban J connectivity index is 0. The fraction of sp³-hybridized carbons (Fsp3) is 0.528. The molecule has 14 heteroatoms. The molecule has 2 amide bonds. The molecule has 0 aliphatic rings. The summed E-state index contributed by atoms with van der Waals surface area (Å²) in [6.07, 6.45) is 29.7. The Labute approximate surface area is 303 Å². The Morgan fingerprint density at radius 2 is 1.34 bits per heavy atom. The van der Waals surface area contributed by atoms with Crippen LogP contribution in [0.5, 0.6) is 0 Å². The topological polar surface area (TPSA) is 216 Å². The van der Waals surface area contributed by atoms with Crippen LogP contribution in [0.1, 0.15) is 72.1 Å². The minimum Gasteiger partial charge on any atom is -0.396 e. The average Bonchev–Trinajstić information content (AvgIpc) is 3.07. The van der Waals surface area contributed by atoms with E-state index in [0.717, 1.165) is 50.6 Å². The third kappa shape index (κ3) is 31.1. The van der Waals surface area contributed by atoms with E-state index in [0.29, 0.717) is 12.3 Å². The van der Waals surface area contributed by atoms with Crippen molar-refractivity contribution in [1.29, 1.82) is 5.41 Å². The number of rotatable bonds is 23. The first-order chi connectivity index (χ1) is 23.8. The molecule has 0 radical (unpaired) electrons. The van der Waals surface area contributed by atoms with Crippen molar-refractivity contribution in [3.8, 4) is 0 Å². The molecule has 0 aromatic heterocycles. The van der Waals surface area contributed by atoms with Gasteiger partial charge in [0.25, 0.3) is 0 Å². The number of aliphatic hydroxyl groups is 2. The molecule has 1 atom stereocenters. The van der Waals surface area contributed by atoms with Crippen molar-refractivity contribution in [3.63, 3.8) is 0 Å². The predicted molar refractivity (Wildman–Crippen MR) is 206 cm³/mol. The molecule has 0 aliphatic heterocycles. The summed E-state index contributed by atoms with van der Waals surface area (Å²) in [5.41, 5.74) is 9.02. The van der Waals surface area contributed by atoms with Gasteiger partial charge in [-0.1, -0.05) is 93.7 Å². The highest BCUT2D eigenvalue weighted by molar-refractivity contribution is 7.95. The molecule has 13 nitrogen and oxygen atoms in total. The van der Waals surface area contributed by atoms with Gasteiger partial charge >= 0.3 is 5.97 Å². The number of nitrogens with one attached hydrogen (secondary N) is 3. The lowest BCUT2D eigenvalue weighted by Gasteiger charge is -2.27. The number of allylic oxidation sites excluding steroid dienone is 11. The molecule has 0 heterocycles. The number of hydrogen-bond acceptors (Lipinski definition) is 8. The van der Waals surface area contributed by atoms with Gasteiger partial charge in [-0.3, -0.25) is 19.8 Å². The molecule has 0 rings (SSSR count). The number of carbonyl (C=O) groups is 3. The van der Waals surface area contributed by atoms with Gasteiger partial charge in [-0.2, -0.15) is 4.99 Å². The second-order valence-electron chi connectivity index (χ2n) is 11.6. The largest absolute Gasteiger partial charge is 0.396 e. The third-order valence-electron chi connectivity index (χ3n) is 6.25. The summed E-state index contributed by atoms with van der Waals surface area (Å²) in [5, 5.41) is 31.3. The van der Waals surface area contributed by atoms with E-state index < -0.39 is 17.4 Å². The van der Waals surface area contributed by atoms with Gasteiger partial charge in [-0.25, -0.2) is 0 Å². The van der Waals surface area contributed by atoms with Crippen molar-refractivity contribution in [2.24, 2.45) is 21.9 Å². The maximum atomic E-state index is 11.9. The average molecular weight is 720 g/mol. The zero-order valence-corrected chi connectivity index (χ0v) is 31.3.